The van der Waals surface area contributed by atoms with Crippen molar-refractivity contribution in [3.8, 4) is 0 Å². The van der Waals surface area contributed by atoms with E-state index in [9.17, 15) is 9.59 Å². The standard InChI is InChI=1S/C8H5O3S/c9-7(10)8(11)12-6-4-2-1-3-5-6/h1-2,4-5H,(H,9,10). The van der Waals surface area contributed by atoms with Crippen molar-refractivity contribution in [2.45, 2.75) is 4.90 Å². The fourth-order valence-corrected chi connectivity index (χ4v) is 1.17. The molecule has 0 aliphatic heterocycles. The molecule has 3 nitrogen and oxygen atoms in total. The lowest BCUT2D eigenvalue weighted by molar-refractivity contribution is -0.144. The third-order valence-corrected chi connectivity index (χ3v) is 1.91. The number of aliphatic carboxylic acids is 1. The van der Waals surface area contributed by atoms with E-state index in [0.717, 1.165) is 0 Å². The van der Waals surface area contributed by atoms with Crippen LogP contribution in [0.15, 0.2) is 29.2 Å². The quantitative estimate of drug-likeness (QED) is 0.522. The lowest BCUT2D eigenvalue weighted by Gasteiger charge is -1.93. The van der Waals surface area contributed by atoms with Crippen molar-refractivity contribution >= 4 is 22.8 Å². The second-order valence-electron chi connectivity index (χ2n) is 1.93. The van der Waals surface area contributed by atoms with E-state index in [0.29, 0.717) is 16.7 Å². The van der Waals surface area contributed by atoms with Crippen LogP contribution in [0.1, 0.15) is 0 Å². The average molecular weight is 181 g/mol. The average Bonchev–Trinajstić information content (AvgIpc) is 2.06. The Labute approximate surface area is 73.4 Å². The molecule has 0 saturated heterocycles. The number of carbonyl (C=O) groups excluding carboxylic acids is 1. The van der Waals surface area contributed by atoms with Crippen molar-refractivity contribution in [3.05, 3.63) is 30.3 Å². The van der Waals surface area contributed by atoms with Gasteiger partial charge in [0.15, 0.2) is 0 Å². The van der Waals surface area contributed by atoms with Gasteiger partial charge in [-0.15, -0.1) is 0 Å². The van der Waals surface area contributed by atoms with Gasteiger partial charge in [-0.1, -0.05) is 12.1 Å². The molecule has 0 spiro atoms. The molecule has 4 heteroatoms. The first-order chi connectivity index (χ1) is 5.70. The van der Waals surface area contributed by atoms with Gasteiger partial charge in [-0.3, -0.25) is 4.79 Å². The molecule has 12 heavy (non-hydrogen) atoms. The molecule has 0 amide bonds. The molecule has 1 aromatic rings. The Morgan fingerprint density at radius 3 is 2.75 bits per heavy atom. The van der Waals surface area contributed by atoms with Gasteiger partial charge in [0.25, 0.3) is 0 Å². The summed E-state index contributed by atoms with van der Waals surface area (Å²) in [6.07, 6.45) is 0. The molecule has 1 N–H and O–H groups in total. The Balaban J connectivity index is 2.65. The third-order valence-electron chi connectivity index (χ3n) is 1.06. The van der Waals surface area contributed by atoms with E-state index in [1.165, 1.54) is 0 Å². The SMILES string of the molecule is O=C(O)C(=O)Sc1c[c]ccc1. The zero-order valence-corrected chi connectivity index (χ0v) is 6.80. The first-order valence-electron chi connectivity index (χ1n) is 3.11. The summed E-state index contributed by atoms with van der Waals surface area (Å²) in [4.78, 5) is 21.4. The van der Waals surface area contributed by atoms with Gasteiger partial charge in [-0.05, 0) is 30.0 Å². The van der Waals surface area contributed by atoms with Crippen LogP contribution in [0.2, 0.25) is 0 Å². The Hall–Kier alpha value is -1.29. The van der Waals surface area contributed by atoms with Gasteiger partial charge >= 0.3 is 11.1 Å². The third kappa shape index (κ3) is 2.39. The van der Waals surface area contributed by atoms with Crippen LogP contribution in [0, 0.1) is 6.07 Å². The Kier molecular flexibility index (Phi) is 2.88. The zero-order chi connectivity index (χ0) is 8.97. The summed E-state index contributed by atoms with van der Waals surface area (Å²) < 4.78 is 0. The Bertz CT molecular complexity index is 294. The number of benzene rings is 1. The molecule has 0 bridgehead atoms. The van der Waals surface area contributed by atoms with Crippen LogP contribution < -0.4 is 0 Å². The van der Waals surface area contributed by atoms with Crippen molar-refractivity contribution in [1.82, 2.24) is 0 Å². The summed E-state index contributed by atoms with van der Waals surface area (Å²) in [7, 11) is 0. The molecular weight excluding hydrogens is 176 g/mol. The first kappa shape index (κ1) is 8.80. The summed E-state index contributed by atoms with van der Waals surface area (Å²) >= 11 is 0.682. The molecule has 0 aliphatic rings. The van der Waals surface area contributed by atoms with E-state index in [4.69, 9.17) is 5.11 Å². The van der Waals surface area contributed by atoms with Gasteiger partial charge < -0.3 is 5.11 Å². The van der Waals surface area contributed by atoms with E-state index in [-0.39, 0.29) is 0 Å². The molecule has 0 fully saturated rings. The minimum atomic E-state index is -1.43. The van der Waals surface area contributed by atoms with E-state index >= 15 is 0 Å². The molecule has 61 valence electrons. The van der Waals surface area contributed by atoms with Crippen LogP contribution >= 0.6 is 11.8 Å². The Morgan fingerprint density at radius 1 is 1.50 bits per heavy atom. The second-order valence-corrected chi connectivity index (χ2v) is 2.98. The van der Waals surface area contributed by atoms with E-state index < -0.39 is 11.1 Å². The number of carboxylic acids is 1. The minimum absolute atomic E-state index is 0.588. The van der Waals surface area contributed by atoms with Crippen molar-refractivity contribution in [2.24, 2.45) is 0 Å². The summed E-state index contributed by atoms with van der Waals surface area (Å²) in [5, 5.41) is 7.38. The molecule has 0 aliphatic carbocycles. The predicted octanol–water partition coefficient (Wildman–Crippen LogP) is 1.19. The fourth-order valence-electron chi connectivity index (χ4n) is 0.591. The largest absolute Gasteiger partial charge is 0.475 e. The highest BCUT2D eigenvalue weighted by Gasteiger charge is 2.12. The molecule has 0 unspecified atom stereocenters. The van der Waals surface area contributed by atoms with Crippen LogP contribution in [0.25, 0.3) is 0 Å². The van der Waals surface area contributed by atoms with Crippen molar-refractivity contribution in [3.63, 3.8) is 0 Å². The molecular formula is C8H5O3S. The molecule has 0 heterocycles. The van der Waals surface area contributed by atoms with E-state index in [1.807, 2.05) is 0 Å². The molecule has 1 aromatic carbocycles. The van der Waals surface area contributed by atoms with E-state index in [1.54, 1.807) is 24.3 Å². The molecule has 0 aromatic heterocycles. The molecule has 1 radical (unpaired) electrons. The topological polar surface area (TPSA) is 54.4 Å². The number of carboxylic acid groups (broad SMARTS) is 1. The van der Waals surface area contributed by atoms with Gasteiger partial charge in [-0.25, -0.2) is 4.79 Å². The minimum Gasteiger partial charge on any atom is -0.475 e. The van der Waals surface area contributed by atoms with Gasteiger partial charge in [0.05, 0.1) is 0 Å². The maximum Gasteiger partial charge on any atom is 0.383 e. The van der Waals surface area contributed by atoms with Crippen LogP contribution in [-0.4, -0.2) is 16.2 Å². The molecule has 0 saturated carbocycles. The number of thioether (sulfide) groups is 1. The van der Waals surface area contributed by atoms with Crippen LogP contribution in [-0.2, 0) is 9.59 Å². The number of hydrogen-bond acceptors (Lipinski definition) is 3. The van der Waals surface area contributed by atoms with E-state index in [2.05, 4.69) is 6.07 Å². The lowest BCUT2D eigenvalue weighted by Crippen LogP contribution is -2.06. The summed E-state index contributed by atoms with van der Waals surface area (Å²) in [6.45, 7) is 0. The smallest absolute Gasteiger partial charge is 0.383 e. The molecule has 1 rings (SSSR count). The van der Waals surface area contributed by atoms with Crippen LogP contribution in [0.4, 0.5) is 0 Å². The summed E-state index contributed by atoms with van der Waals surface area (Å²) in [5.41, 5.74) is 0. The highest BCUT2D eigenvalue weighted by Crippen LogP contribution is 2.17. The second kappa shape index (κ2) is 3.92. The maximum atomic E-state index is 10.7. The highest BCUT2D eigenvalue weighted by atomic mass is 32.2. The predicted molar refractivity (Wildman–Crippen MR) is 43.8 cm³/mol. The van der Waals surface area contributed by atoms with Gasteiger partial charge in [-0.2, -0.15) is 0 Å². The van der Waals surface area contributed by atoms with Crippen molar-refractivity contribution < 1.29 is 14.7 Å². The lowest BCUT2D eigenvalue weighted by atomic mass is 10.4. The van der Waals surface area contributed by atoms with Gasteiger partial charge in [0.1, 0.15) is 0 Å². The zero-order valence-electron chi connectivity index (χ0n) is 5.98. The number of carbonyl (C=O) groups is 2. The maximum absolute atomic E-state index is 10.7. The summed E-state index contributed by atoms with van der Waals surface area (Å²) in [5.74, 6) is -1.43. The highest BCUT2D eigenvalue weighted by molar-refractivity contribution is 8.15. The monoisotopic (exact) mass is 181 g/mol. The van der Waals surface area contributed by atoms with Gasteiger partial charge in [0.2, 0.25) is 0 Å². The number of rotatable bonds is 1. The fraction of sp³-hybridized carbons (Fsp3) is 0. The van der Waals surface area contributed by atoms with Crippen LogP contribution in [0.3, 0.4) is 0 Å². The summed E-state index contributed by atoms with van der Waals surface area (Å²) in [6, 6.07) is 9.32. The normalized spacial score (nSPS) is 9.33. The Morgan fingerprint density at radius 2 is 2.25 bits per heavy atom. The van der Waals surface area contributed by atoms with Crippen molar-refractivity contribution in [2.75, 3.05) is 0 Å². The first-order valence-corrected chi connectivity index (χ1v) is 3.93. The molecule has 0 atom stereocenters. The van der Waals surface area contributed by atoms with Crippen molar-refractivity contribution in [1.29, 1.82) is 0 Å². The van der Waals surface area contributed by atoms with Gasteiger partial charge in [0, 0.05) is 4.90 Å². The number of hydrogen-bond donors (Lipinski definition) is 1. The van der Waals surface area contributed by atoms with Crippen LogP contribution in [0.5, 0.6) is 0 Å².